The lowest BCUT2D eigenvalue weighted by Gasteiger charge is -2.36. The van der Waals surface area contributed by atoms with Gasteiger partial charge in [0, 0.05) is 10.5 Å². The molecule has 94 valence electrons. The Morgan fingerprint density at radius 2 is 2.06 bits per heavy atom. The molecule has 0 radical (unpaired) electrons. The minimum atomic E-state index is 0.749. The molecule has 0 N–H and O–H groups in total. The van der Waals surface area contributed by atoms with E-state index >= 15 is 0 Å². The molecule has 0 spiro atoms. The summed E-state index contributed by atoms with van der Waals surface area (Å²) in [6.45, 7) is 7.14. The van der Waals surface area contributed by atoms with Crippen molar-refractivity contribution in [3.8, 4) is 0 Å². The largest absolute Gasteiger partial charge is 0.301 e. The fourth-order valence-corrected chi connectivity index (χ4v) is 3.11. The molecule has 1 heterocycles. The summed E-state index contributed by atoms with van der Waals surface area (Å²) in [5, 5.41) is 0. The Labute approximate surface area is 113 Å². The van der Waals surface area contributed by atoms with E-state index in [1.165, 1.54) is 42.4 Å². The quantitative estimate of drug-likeness (QED) is 0.797. The highest BCUT2D eigenvalue weighted by Gasteiger charge is 2.22. The molecule has 1 aromatic rings. The lowest BCUT2D eigenvalue weighted by atomic mass is 9.89. The first kappa shape index (κ1) is 13.1. The van der Waals surface area contributed by atoms with Gasteiger partial charge in [0.2, 0.25) is 0 Å². The van der Waals surface area contributed by atoms with Crippen molar-refractivity contribution < 1.29 is 0 Å². The van der Waals surface area contributed by atoms with Gasteiger partial charge in [-0.1, -0.05) is 35.0 Å². The third-order valence-corrected chi connectivity index (χ3v) is 4.56. The van der Waals surface area contributed by atoms with Crippen LogP contribution >= 0.6 is 15.9 Å². The van der Waals surface area contributed by atoms with Gasteiger partial charge in [-0.25, -0.2) is 0 Å². The van der Waals surface area contributed by atoms with Crippen LogP contribution in [-0.2, 0) is 0 Å². The van der Waals surface area contributed by atoms with E-state index in [9.17, 15) is 0 Å². The van der Waals surface area contributed by atoms with E-state index in [0.29, 0.717) is 0 Å². The molecule has 0 bridgehead atoms. The van der Waals surface area contributed by atoms with Crippen molar-refractivity contribution in [1.82, 2.24) is 4.90 Å². The number of hydrogen-bond donors (Lipinski definition) is 0. The van der Waals surface area contributed by atoms with E-state index in [2.05, 4.69) is 58.9 Å². The fraction of sp³-hybridized carbons (Fsp3) is 0.600. The molecule has 1 unspecified atom stereocenters. The van der Waals surface area contributed by atoms with E-state index in [1.807, 2.05) is 0 Å². The van der Waals surface area contributed by atoms with Crippen LogP contribution in [0.4, 0.5) is 0 Å². The summed E-state index contributed by atoms with van der Waals surface area (Å²) < 4.78 is 1.21. The van der Waals surface area contributed by atoms with Crippen molar-refractivity contribution in [1.29, 1.82) is 0 Å². The van der Waals surface area contributed by atoms with Crippen LogP contribution < -0.4 is 0 Å². The molecule has 2 rings (SSSR count). The van der Waals surface area contributed by atoms with E-state index < -0.39 is 0 Å². The van der Waals surface area contributed by atoms with Crippen molar-refractivity contribution >= 4 is 15.9 Å². The van der Waals surface area contributed by atoms with Crippen molar-refractivity contribution in [3.05, 3.63) is 34.3 Å². The first-order valence-corrected chi connectivity index (χ1v) is 7.49. The molecule has 1 atom stereocenters. The maximum atomic E-state index is 3.56. The molecule has 17 heavy (non-hydrogen) atoms. The average Bonchev–Trinajstić information content (AvgIpc) is 2.38. The van der Waals surface area contributed by atoms with Crippen molar-refractivity contribution in [3.63, 3.8) is 0 Å². The van der Waals surface area contributed by atoms with Crippen LogP contribution in [0.2, 0.25) is 0 Å². The van der Waals surface area contributed by atoms with Crippen LogP contribution in [0.5, 0.6) is 0 Å². The van der Waals surface area contributed by atoms with Gasteiger partial charge in [-0.15, -0.1) is 0 Å². The van der Waals surface area contributed by atoms with Crippen LogP contribution in [0.15, 0.2) is 28.7 Å². The van der Waals surface area contributed by atoms with Gasteiger partial charge >= 0.3 is 0 Å². The minimum Gasteiger partial charge on any atom is -0.301 e. The molecule has 0 amide bonds. The highest BCUT2D eigenvalue weighted by Crippen LogP contribution is 2.30. The SMILES string of the molecule is CCC(C)N1CCC(c2cccc(Br)c2)CC1. The predicted octanol–water partition coefficient (Wildman–Crippen LogP) is 4.43. The van der Waals surface area contributed by atoms with Crippen LogP contribution in [0, 0.1) is 0 Å². The monoisotopic (exact) mass is 295 g/mol. The normalized spacial score (nSPS) is 20.4. The van der Waals surface area contributed by atoms with E-state index in [4.69, 9.17) is 0 Å². The second-order valence-electron chi connectivity index (χ2n) is 5.12. The molecule has 1 nitrogen and oxygen atoms in total. The molecule has 0 aromatic heterocycles. The highest BCUT2D eigenvalue weighted by molar-refractivity contribution is 9.10. The number of nitrogens with zero attached hydrogens (tertiary/aromatic N) is 1. The third-order valence-electron chi connectivity index (χ3n) is 4.06. The summed E-state index contributed by atoms with van der Waals surface area (Å²) in [6.07, 6.45) is 3.88. The summed E-state index contributed by atoms with van der Waals surface area (Å²) in [5.41, 5.74) is 1.50. The van der Waals surface area contributed by atoms with Gasteiger partial charge in [0.05, 0.1) is 0 Å². The second-order valence-corrected chi connectivity index (χ2v) is 6.04. The summed E-state index contributed by atoms with van der Waals surface area (Å²) in [7, 11) is 0. The average molecular weight is 296 g/mol. The van der Waals surface area contributed by atoms with Gasteiger partial charge in [0.15, 0.2) is 0 Å². The van der Waals surface area contributed by atoms with Gasteiger partial charge in [-0.3, -0.25) is 0 Å². The zero-order valence-electron chi connectivity index (χ0n) is 10.8. The lowest BCUT2D eigenvalue weighted by molar-refractivity contribution is 0.158. The van der Waals surface area contributed by atoms with Crippen molar-refractivity contribution in [2.45, 2.75) is 45.1 Å². The Balaban J connectivity index is 1.95. The number of benzene rings is 1. The van der Waals surface area contributed by atoms with E-state index in [-0.39, 0.29) is 0 Å². The molecule has 2 heteroatoms. The first-order chi connectivity index (χ1) is 8.20. The molecule has 0 aliphatic carbocycles. The number of hydrogen-bond acceptors (Lipinski definition) is 1. The maximum Gasteiger partial charge on any atom is 0.0178 e. The third kappa shape index (κ3) is 3.32. The molecular weight excluding hydrogens is 274 g/mol. The summed E-state index contributed by atoms with van der Waals surface area (Å²) in [5.74, 6) is 0.757. The van der Waals surface area contributed by atoms with E-state index in [0.717, 1.165) is 12.0 Å². The maximum absolute atomic E-state index is 3.56. The topological polar surface area (TPSA) is 3.24 Å². The Morgan fingerprint density at radius 1 is 1.35 bits per heavy atom. The van der Waals surface area contributed by atoms with Crippen molar-refractivity contribution in [2.75, 3.05) is 13.1 Å². The number of piperidine rings is 1. The lowest BCUT2D eigenvalue weighted by Crippen LogP contribution is -2.39. The Bertz CT molecular complexity index is 356. The van der Waals surface area contributed by atoms with Crippen LogP contribution in [0.3, 0.4) is 0 Å². The summed E-state index contributed by atoms with van der Waals surface area (Å²) in [6, 6.07) is 9.56. The Hall–Kier alpha value is -0.340. The van der Waals surface area contributed by atoms with Gasteiger partial charge < -0.3 is 4.90 Å². The molecular formula is C15H22BrN. The Kier molecular flexibility index (Phi) is 4.63. The van der Waals surface area contributed by atoms with Gasteiger partial charge in [0.25, 0.3) is 0 Å². The molecule has 1 saturated heterocycles. The Morgan fingerprint density at radius 3 is 2.65 bits per heavy atom. The molecule has 1 aromatic carbocycles. The molecule has 0 saturated carbocycles. The van der Waals surface area contributed by atoms with Gasteiger partial charge in [-0.2, -0.15) is 0 Å². The predicted molar refractivity (Wildman–Crippen MR) is 77.4 cm³/mol. The van der Waals surface area contributed by atoms with Crippen LogP contribution in [0.1, 0.15) is 44.6 Å². The first-order valence-electron chi connectivity index (χ1n) is 6.70. The second kappa shape index (κ2) is 6.01. The standard InChI is InChI=1S/C15H22BrN/c1-3-12(2)17-9-7-13(8-10-17)14-5-4-6-15(16)11-14/h4-6,11-13H,3,7-10H2,1-2H3. The minimum absolute atomic E-state index is 0.749. The summed E-state index contributed by atoms with van der Waals surface area (Å²) >= 11 is 3.56. The number of halogens is 1. The number of likely N-dealkylation sites (tertiary alicyclic amines) is 1. The molecule has 1 fully saturated rings. The van der Waals surface area contributed by atoms with Gasteiger partial charge in [-0.05, 0) is 62.9 Å². The fourth-order valence-electron chi connectivity index (χ4n) is 2.69. The zero-order chi connectivity index (χ0) is 12.3. The van der Waals surface area contributed by atoms with E-state index in [1.54, 1.807) is 0 Å². The van der Waals surface area contributed by atoms with Crippen LogP contribution in [0.25, 0.3) is 0 Å². The molecule has 1 aliphatic rings. The summed E-state index contributed by atoms with van der Waals surface area (Å²) in [4.78, 5) is 2.63. The highest BCUT2D eigenvalue weighted by atomic mass is 79.9. The zero-order valence-corrected chi connectivity index (χ0v) is 12.4. The van der Waals surface area contributed by atoms with Gasteiger partial charge in [0.1, 0.15) is 0 Å². The van der Waals surface area contributed by atoms with Crippen LogP contribution in [-0.4, -0.2) is 24.0 Å². The smallest absolute Gasteiger partial charge is 0.0178 e. The molecule has 1 aliphatic heterocycles. The number of rotatable bonds is 3. The van der Waals surface area contributed by atoms with Crippen molar-refractivity contribution in [2.24, 2.45) is 0 Å².